The van der Waals surface area contributed by atoms with E-state index in [2.05, 4.69) is 4.74 Å². The van der Waals surface area contributed by atoms with E-state index in [9.17, 15) is 15.0 Å². The minimum absolute atomic E-state index is 0.540. The van der Waals surface area contributed by atoms with Crippen molar-refractivity contribution in [3.05, 3.63) is 22.4 Å². The summed E-state index contributed by atoms with van der Waals surface area (Å²) < 4.78 is 4.29. The third-order valence-corrected chi connectivity index (χ3v) is 2.52. The second-order valence-electron chi connectivity index (χ2n) is 2.43. The molecule has 2 atom stereocenters. The van der Waals surface area contributed by atoms with Crippen LogP contribution in [0.15, 0.2) is 17.5 Å². The fourth-order valence-electron chi connectivity index (χ4n) is 0.865. The molecule has 2 N–H and O–H groups in total. The molecule has 1 aromatic rings. The highest BCUT2D eigenvalue weighted by Crippen LogP contribution is 2.22. The molecule has 1 aromatic heterocycles. The molecule has 0 saturated carbocycles. The normalized spacial score (nSPS) is 15.0. The van der Waals surface area contributed by atoms with Crippen molar-refractivity contribution in [2.75, 3.05) is 7.11 Å². The van der Waals surface area contributed by atoms with Gasteiger partial charge in [0.25, 0.3) is 0 Å². The first kappa shape index (κ1) is 10.2. The van der Waals surface area contributed by atoms with E-state index in [1.807, 2.05) is 0 Å². The first-order chi connectivity index (χ1) is 6.16. The number of rotatable bonds is 3. The zero-order valence-electron chi connectivity index (χ0n) is 7.01. The van der Waals surface area contributed by atoms with Gasteiger partial charge in [-0.05, 0) is 11.4 Å². The van der Waals surface area contributed by atoms with Crippen LogP contribution in [-0.2, 0) is 9.53 Å². The minimum atomic E-state index is -1.51. The highest BCUT2D eigenvalue weighted by molar-refractivity contribution is 7.10. The molecule has 0 bridgehead atoms. The van der Waals surface area contributed by atoms with Gasteiger partial charge in [-0.2, -0.15) is 0 Å². The Labute approximate surface area is 79.4 Å². The number of thiophene rings is 1. The fourth-order valence-corrected chi connectivity index (χ4v) is 1.60. The van der Waals surface area contributed by atoms with E-state index in [1.54, 1.807) is 17.5 Å². The molecule has 1 rings (SSSR count). The molecule has 0 aliphatic rings. The van der Waals surface area contributed by atoms with E-state index in [0.29, 0.717) is 4.88 Å². The molecule has 0 amide bonds. The Hall–Kier alpha value is -0.910. The topological polar surface area (TPSA) is 66.8 Å². The summed E-state index contributed by atoms with van der Waals surface area (Å²) in [6.45, 7) is 0. The van der Waals surface area contributed by atoms with Crippen molar-refractivity contribution >= 4 is 17.3 Å². The highest BCUT2D eigenvalue weighted by Gasteiger charge is 2.26. The van der Waals surface area contributed by atoms with Crippen LogP contribution in [0, 0.1) is 0 Å². The number of aliphatic hydroxyl groups is 2. The number of methoxy groups -OCH3 is 1. The van der Waals surface area contributed by atoms with Crippen LogP contribution in [0.4, 0.5) is 0 Å². The van der Waals surface area contributed by atoms with Crippen LogP contribution in [0.3, 0.4) is 0 Å². The molecule has 0 saturated heterocycles. The average Bonchev–Trinajstić information content (AvgIpc) is 2.67. The van der Waals surface area contributed by atoms with Gasteiger partial charge in [0, 0.05) is 4.88 Å². The number of carbonyl (C=O) groups excluding carboxylic acids is 1. The van der Waals surface area contributed by atoms with E-state index in [0.717, 1.165) is 7.11 Å². The second kappa shape index (κ2) is 4.36. The molecular formula is C8H10O4S. The van der Waals surface area contributed by atoms with Crippen LogP contribution in [-0.4, -0.2) is 29.4 Å². The van der Waals surface area contributed by atoms with Gasteiger partial charge in [-0.3, -0.25) is 0 Å². The zero-order valence-corrected chi connectivity index (χ0v) is 7.82. The monoisotopic (exact) mass is 202 g/mol. The third-order valence-electron chi connectivity index (χ3n) is 1.58. The van der Waals surface area contributed by atoms with Crippen molar-refractivity contribution in [2.45, 2.75) is 12.2 Å². The number of esters is 1. The maximum atomic E-state index is 10.8. The number of hydrogen-bond acceptors (Lipinski definition) is 5. The lowest BCUT2D eigenvalue weighted by atomic mass is 10.2. The largest absolute Gasteiger partial charge is 0.467 e. The minimum Gasteiger partial charge on any atom is -0.467 e. The standard InChI is InChI=1S/C8H10O4S/c1-12-8(11)7(10)6(9)5-3-2-4-13-5/h2-4,6-7,9-10H,1H3/t6-,7+/m0/s1. The predicted octanol–water partition coefficient (Wildman–Crippen LogP) is 0.315. The molecule has 0 aliphatic carbocycles. The van der Waals surface area contributed by atoms with E-state index in [1.165, 1.54) is 11.3 Å². The Morgan fingerprint density at radius 2 is 2.31 bits per heavy atom. The quantitative estimate of drug-likeness (QED) is 0.692. The summed E-state index contributed by atoms with van der Waals surface area (Å²) in [5.74, 6) is -0.832. The number of hydrogen-bond donors (Lipinski definition) is 2. The summed E-state index contributed by atoms with van der Waals surface area (Å²) in [5, 5.41) is 20.4. The maximum absolute atomic E-state index is 10.8. The summed E-state index contributed by atoms with van der Waals surface area (Å²) >= 11 is 1.27. The molecule has 0 aromatic carbocycles. The van der Waals surface area contributed by atoms with Crippen molar-refractivity contribution in [2.24, 2.45) is 0 Å². The van der Waals surface area contributed by atoms with Gasteiger partial charge in [-0.1, -0.05) is 6.07 Å². The van der Waals surface area contributed by atoms with Crippen molar-refractivity contribution < 1.29 is 19.7 Å². The van der Waals surface area contributed by atoms with Crippen LogP contribution >= 0.6 is 11.3 Å². The van der Waals surface area contributed by atoms with Gasteiger partial charge < -0.3 is 14.9 Å². The SMILES string of the molecule is COC(=O)[C@H](O)[C@@H](O)c1cccs1. The zero-order chi connectivity index (χ0) is 9.84. The number of aliphatic hydroxyl groups excluding tert-OH is 2. The molecule has 0 unspecified atom stereocenters. The summed E-state index contributed by atoms with van der Waals surface area (Å²) in [4.78, 5) is 11.4. The highest BCUT2D eigenvalue weighted by atomic mass is 32.1. The van der Waals surface area contributed by atoms with Gasteiger partial charge in [0.1, 0.15) is 6.10 Å². The molecule has 0 fully saturated rings. The smallest absolute Gasteiger partial charge is 0.337 e. The summed E-state index contributed by atoms with van der Waals surface area (Å²) in [7, 11) is 1.16. The number of carbonyl (C=O) groups is 1. The van der Waals surface area contributed by atoms with Crippen LogP contribution in [0.25, 0.3) is 0 Å². The predicted molar refractivity (Wildman–Crippen MR) is 47.3 cm³/mol. The van der Waals surface area contributed by atoms with Crippen LogP contribution in [0.1, 0.15) is 11.0 Å². The lowest BCUT2D eigenvalue weighted by Crippen LogP contribution is -2.28. The van der Waals surface area contributed by atoms with Crippen LogP contribution < -0.4 is 0 Å². The summed E-state index contributed by atoms with van der Waals surface area (Å²) in [5.41, 5.74) is 0. The molecule has 72 valence electrons. The van der Waals surface area contributed by atoms with E-state index >= 15 is 0 Å². The van der Waals surface area contributed by atoms with Gasteiger partial charge in [-0.25, -0.2) is 4.79 Å². The summed E-state index contributed by atoms with van der Waals surface area (Å²) in [6, 6.07) is 3.37. The molecule has 13 heavy (non-hydrogen) atoms. The Kier molecular flexibility index (Phi) is 3.41. The summed E-state index contributed by atoms with van der Waals surface area (Å²) in [6.07, 6.45) is -2.71. The molecule has 5 heteroatoms. The van der Waals surface area contributed by atoms with Crippen LogP contribution in [0.5, 0.6) is 0 Å². The first-order valence-corrected chi connectivity index (χ1v) is 4.52. The van der Waals surface area contributed by atoms with Crippen molar-refractivity contribution in [1.82, 2.24) is 0 Å². The Morgan fingerprint density at radius 3 is 2.77 bits per heavy atom. The molecule has 0 spiro atoms. The van der Waals surface area contributed by atoms with Crippen molar-refractivity contribution in [3.8, 4) is 0 Å². The lowest BCUT2D eigenvalue weighted by molar-refractivity contribution is -0.156. The van der Waals surface area contributed by atoms with Gasteiger partial charge in [-0.15, -0.1) is 11.3 Å². The molecule has 1 heterocycles. The third kappa shape index (κ3) is 2.27. The van der Waals surface area contributed by atoms with Crippen LogP contribution in [0.2, 0.25) is 0 Å². The fraction of sp³-hybridized carbons (Fsp3) is 0.375. The van der Waals surface area contributed by atoms with E-state index < -0.39 is 18.2 Å². The Morgan fingerprint density at radius 1 is 1.62 bits per heavy atom. The van der Waals surface area contributed by atoms with Gasteiger partial charge >= 0.3 is 5.97 Å². The van der Waals surface area contributed by atoms with Gasteiger partial charge in [0.05, 0.1) is 7.11 Å². The van der Waals surface area contributed by atoms with E-state index in [4.69, 9.17) is 0 Å². The second-order valence-corrected chi connectivity index (χ2v) is 3.41. The van der Waals surface area contributed by atoms with Gasteiger partial charge in [0.2, 0.25) is 0 Å². The Bertz CT molecular complexity index is 270. The molecule has 0 aliphatic heterocycles. The molecule has 4 nitrogen and oxygen atoms in total. The maximum Gasteiger partial charge on any atom is 0.337 e. The van der Waals surface area contributed by atoms with Gasteiger partial charge in [0.15, 0.2) is 6.10 Å². The molecular weight excluding hydrogens is 192 g/mol. The lowest BCUT2D eigenvalue weighted by Gasteiger charge is -2.13. The first-order valence-electron chi connectivity index (χ1n) is 3.64. The van der Waals surface area contributed by atoms with Crippen molar-refractivity contribution in [1.29, 1.82) is 0 Å². The molecule has 0 radical (unpaired) electrons. The Balaban J connectivity index is 2.68. The average molecular weight is 202 g/mol. The van der Waals surface area contributed by atoms with E-state index in [-0.39, 0.29) is 0 Å². The van der Waals surface area contributed by atoms with Crippen molar-refractivity contribution in [3.63, 3.8) is 0 Å². The number of ether oxygens (including phenoxy) is 1.